The van der Waals surface area contributed by atoms with E-state index in [4.69, 9.17) is 4.74 Å². The Kier molecular flexibility index (Phi) is 4.37. The molecule has 0 atom stereocenters. The van der Waals surface area contributed by atoms with Crippen LogP contribution in [0.1, 0.15) is 0 Å². The highest BCUT2D eigenvalue weighted by Gasteiger charge is 2.08. The SMILES string of the molecule is COc1ccc2c(ccn2CC(=O)Nc2ccc(N(C)C)cn2)c1. The molecule has 0 saturated heterocycles. The van der Waals surface area contributed by atoms with Crippen molar-refractivity contribution in [3.05, 3.63) is 48.8 Å². The van der Waals surface area contributed by atoms with E-state index in [1.54, 1.807) is 19.4 Å². The molecule has 6 heteroatoms. The van der Waals surface area contributed by atoms with Gasteiger partial charge in [0.2, 0.25) is 5.91 Å². The summed E-state index contributed by atoms with van der Waals surface area (Å²) >= 11 is 0. The zero-order valence-corrected chi connectivity index (χ0v) is 14.0. The van der Waals surface area contributed by atoms with Gasteiger partial charge in [0.1, 0.15) is 18.1 Å². The molecule has 0 fully saturated rings. The third-order valence-corrected chi connectivity index (χ3v) is 3.82. The van der Waals surface area contributed by atoms with E-state index in [-0.39, 0.29) is 12.5 Å². The standard InChI is InChI=1S/C18H20N4O2/c1-21(2)14-4-7-17(19-11-14)20-18(23)12-22-9-8-13-10-15(24-3)5-6-16(13)22/h4-11H,12H2,1-3H3,(H,19,20,23). The number of methoxy groups -OCH3 is 1. The number of pyridine rings is 1. The first-order valence-electron chi connectivity index (χ1n) is 7.63. The van der Waals surface area contributed by atoms with Crippen molar-refractivity contribution in [1.29, 1.82) is 0 Å². The minimum absolute atomic E-state index is 0.117. The highest BCUT2D eigenvalue weighted by Crippen LogP contribution is 2.22. The van der Waals surface area contributed by atoms with Gasteiger partial charge in [-0.15, -0.1) is 0 Å². The van der Waals surface area contributed by atoms with Crippen molar-refractivity contribution in [3.63, 3.8) is 0 Å². The number of hydrogen-bond acceptors (Lipinski definition) is 4. The first-order chi connectivity index (χ1) is 11.6. The normalized spacial score (nSPS) is 10.6. The molecule has 0 aliphatic heterocycles. The summed E-state index contributed by atoms with van der Waals surface area (Å²) in [6.07, 6.45) is 3.62. The number of fused-ring (bicyclic) bond motifs is 1. The molecule has 3 aromatic rings. The van der Waals surface area contributed by atoms with Crippen molar-refractivity contribution < 1.29 is 9.53 Å². The Morgan fingerprint density at radius 3 is 2.75 bits per heavy atom. The average molecular weight is 324 g/mol. The van der Waals surface area contributed by atoms with Gasteiger partial charge in [-0.25, -0.2) is 4.98 Å². The topological polar surface area (TPSA) is 59.4 Å². The van der Waals surface area contributed by atoms with Crippen LogP contribution in [-0.2, 0) is 11.3 Å². The average Bonchev–Trinajstić information content (AvgIpc) is 2.97. The van der Waals surface area contributed by atoms with Crippen molar-refractivity contribution in [2.24, 2.45) is 0 Å². The van der Waals surface area contributed by atoms with Crippen LogP contribution < -0.4 is 15.0 Å². The third-order valence-electron chi connectivity index (χ3n) is 3.82. The number of carbonyl (C=O) groups is 1. The first kappa shape index (κ1) is 15.9. The van der Waals surface area contributed by atoms with E-state index in [1.807, 2.05) is 60.1 Å². The quantitative estimate of drug-likeness (QED) is 0.784. The molecule has 0 unspecified atom stereocenters. The van der Waals surface area contributed by atoms with E-state index in [1.165, 1.54) is 0 Å². The second kappa shape index (κ2) is 6.62. The number of nitrogens with one attached hydrogen (secondary N) is 1. The molecule has 2 heterocycles. The van der Waals surface area contributed by atoms with Crippen LogP contribution in [0, 0.1) is 0 Å². The highest BCUT2D eigenvalue weighted by atomic mass is 16.5. The van der Waals surface area contributed by atoms with E-state index >= 15 is 0 Å². The van der Waals surface area contributed by atoms with Crippen LogP contribution in [0.3, 0.4) is 0 Å². The van der Waals surface area contributed by atoms with Gasteiger partial charge in [0.25, 0.3) is 0 Å². The van der Waals surface area contributed by atoms with Crippen molar-refractivity contribution in [2.75, 3.05) is 31.4 Å². The number of benzene rings is 1. The van der Waals surface area contributed by atoms with Gasteiger partial charge in [0.05, 0.1) is 19.0 Å². The lowest BCUT2D eigenvalue weighted by molar-refractivity contribution is -0.116. The van der Waals surface area contributed by atoms with Crippen molar-refractivity contribution in [2.45, 2.75) is 6.54 Å². The molecular weight excluding hydrogens is 304 g/mol. The van der Waals surface area contributed by atoms with E-state index in [2.05, 4.69) is 10.3 Å². The van der Waals surface area contributed by atoms with Crippen LogP contribution in [0.4, 0.5) is 11.5 Å². The van der Waals surface area contributed by atoms with E-state index < -0.39 is 0 Å². The Bertz CT molecular complexity index is 853. The summed E-state index contributed by atoms with van der Waals surface area (Å²) in [6.45, 7) is 0.229. The molecule has 24 heavy (non-hydrogen) atoms. The molecule has 0 bridgehead atoms. The predicted molar refractivity (Wildman–Crippen MR) is 95.7 cm³/mol. The number of rotatable bonds is 5. The summed E-state index contributed by atoms with van der Waals surface area (Å²) in [5.41, 5.74) is 1.97. The van der Waals surface area contributed by atoms with Crippen molar-refractivity contribution >= 4 is 28.3 Å². The fourth-order valence-corrected chi connectivity index (χ4v) is 2.50. The van der Waals surface area contributed by atoms with Gasteiger partial charge < -0.3 is 19.5 Å². The summed E-state index contributed by atoms with van der Waals surface area (Å²) in [5.74, 6) is 1.23. The van der Waals surface area contributed by atoms with E-state index in [9.17, 15) is 4.79 Å². The Labute approximate surface area is 140 Å². The van der Waals surface area contributed by atoms with Crippen LogP contribution >= 0.6 is 0 Å². The maximum absolute atomic E-state index is 12.3. The molecule has 3 rings (SSSR count). The molecular formula is C18H20N4O2. The maximum atomic E-state index is 12.3. The van der Waals surface area contributed by atoms with Gasteiger partial charge in [-0.2, -0.15) is 0 Å². The minimum Gasteiger partial charge on any atom is -0.497 e. The van der Waals surface area contributed by atoms with Crippen LogP contribution in [-0.4, -0.2) is 36.7 Å². The monoisotopic (exact) mass is 324 g/mol. The molecule has 1 amide bonds. The molecule has 0 radical (unpaired) electrons. The largest absolute Gasteiger partial charge is 0.497 e. The summed E-state index contributed by atoms with van der Waals surface area (Å²) in [4.78, 5) is 18.5. The van der Waals surface area contributed by atoms with Crippen LogP contribution in [0.5, 0.6) is 5.75 Å². The first-order valence-corrected chi connectivity index (χ1v) is 7.63. The summed E-state index contributed by atoms with van der Waals surface area (Å²) in [7, 11) is 5.53. The van der Waals surface area contributed by atoms with E-state index in [0.29, 0.717) is 5.82 Å². The van der Waals surface area contributed by atoms with Crippen LogP contribution in [0.2, 0.25) is 0 Å². The van der Waals surface area contributed by atoms with Gasteiger partial charge in [-0.3, -0.25) is 4.79 Å². The highest BCUT2D eigenvalue weighted by molar-refractivity contribution is 5.91. The third kappa shape index (κ3) is 3.32. The number of anilines is 2. The minimum atomic E-state index is -0.117. The molecule has 6 nitrogen and oxygen atoms in total. The second-order valence-electron chi connectivity index (χ2n) is 5.71. The molecule has 124 valence electrons. The number of hydrogen-bond donors (Lipinski definition) is 1. The molecule has 1 aromatic carbocycles. The van der Waals surface area contributed by atoms with Crippen LogP contribution in [0.25, 0.3) is 10.9 Å². The molecule has 0 aliphatic carbocycles. The summed E-state index contributed by atoms with van der Waals surface area (Å²) in [6, 6.07) is 11.5. The fraction of sp³-hybridized carbons (Fsp3) is 0.222. The Morgan fingerprint density at radius 1 is 1.25 bits per heavy atom. The number of nitrogens with zero attached hydrogens (tertiary/aromatic N) is 3. The molecule has 0 spiro atoms. The van der Waals surface area contributed by atoms with Gasteiger partial charge in [0, 0.05) is 31.2 Å². The van der Waals surface area contributed by atoms with Gasteiger partial charge >= 0.3 is 0 Å². The zero-order chi connectivity index (χ0) is 17.1. The number of aromatic nitrogens is 2. The molecule has 1 N–H and O–H groups in total. The van der Waals surface area contributed by atoms with Gasteiger partial charge in [0.15, 0.2) is 0 Å². The molecule has 0 aliphatic rings. The summed E-state index contributed by atoms with van der Waals surface area (Å²) in [5, 5.41) is 3.86. The lowest BCUT2D eigenvalue weighted by atomic mass is 10.2. The number of amides is 1. The number of carbonyl (C=O) groups excluding carboxylic acids is 1. The van der Waals surface area contributed by atoms with Gasteiger partial charge in [-0.05, 0) is 36.4 Å². The number of ether oxygens (including phenoxy) is 1. The second-order valence-corrected chi connectivity index (χ2v) is 5.71. The summed E-state index contributed by atoms with van der Waals surface area (Å²) < 4.78 is 7.12. The molecule has 0 saturated carbocycles. The van der Waals surface area contributed by atoms with Crippen molar-refractivity contribution in [3.8, 4) is 5.75 Å². The maximum Gasteiger partial charge on any atom is 0.245 e. The predicted octanol–water partition coefficient (Wildman–Crippen LogP) is 2.75. The Morgan fingerprint density at radius 2 is 2.08 bits per heavy atom. The van der Waals surface area contributed by atoms with Crippen molar-refractivity contribution in [1.82, 2.24) is 9.55 Å². The lowest BCUT2D eigenvalue weighted by Crippen LogP contribution is -2.19. The smallest absolute Gasteiger partial charge is 0.245 e. The lowest BCUT2D eigenvalue weighted by Gasteiger charge is -2.12. The zero-order valence-electron chi connectivity index (χ0n) is 14.0. The molecule has 2 aromatic heterocycles. The Balaban J connectivity index is 1.70. The fourth-order valence-electron chi connectivity index (χ4n) is 2.50. The van der Waals surface area contributed by atoms with Gasteiger partial charge in [-0.1, -0.05) is 0 Å². The van der Waals surface area contributed by atoms with Crippen LogP contribution in [0.15, 0.2) is 48.8 Å². The Hall–Kier alpha value is -3.02. The van der Waals surface area contributed by atoms with E-state index in [0.717, 1.165) is 22.3 Å².